The Balaban J connectivity index is 2.19. The van der Waals surface area contributed by atoms with E-state index in [2.05, 4.69) is 6.92 Å². The Morgan fingerprint density at radius 2 is 1.56 bits per heavy atom. The third-order valence-electron chi connectivity index (χ3n) is 4.52. The van der Waals surface area contributed by atoms with Crippen LogP contribution in [0.2, 0.25) is 0 Å². The Morgan fingerprint density at radius 1 is 1.00 bits per heavy atom. The number of hydrogen-bond acceptors (Lipinski definition) is 4. The number of benzene rings is 2. The molecule has 0 radical (unpaired) electrons. The van der Waals surface area contributed by atoms with Gasteiger partial charge in [-0.25, -0.2) is 0 Å². The molecule has 0 saturated carbocycles. The van der Waals surface area contributed by atoms with E-state index in [1.165, 1.54) is 5.56 Å². The number of carbonyl (C=O) groups is 1. The first kappa shape index (κ1) is 21.0. The van der Waals surface area contributed by atoms with Gasteiger partial charge in [-0.2, -0.15) is 8.42 Å². The van der Waals surface area contributed by atoms with Gasteiger partial charge in [-0.3, -0.25) is 4.79 Å². The zero-order chi connectivity index (χ0) is 20.0. The molecule has 0 fully saturated rings. The van der Waals surface area contributed by atoms with Crippen molar-refractivity contribution in [1.82, 2.24) is 4.90 Å². The summed E-state index contributed by atoms with van der Waals surface area (Å²) in [5.41, 5.74) is 2.78. The standard InChI is InChI=1S/C21H27NO4S/c1-5-16(3)22(21(23)19-11-7-17(6-2)8-12-19)15-18-9-13-20(14-10-18)26-27(4,24)25/h7-14,16H,5-6,15H2,1-4H3/t16-/m0/s1. The average Bonchev–Trinajstić information content (AvgIpc) is 2.65. The Labute approximate surface area is 162 Å². The zero-order valence-electron chi connectivity index (χ0n) is 16.3. The Kier molecular flexibility index (Phi) is 7.02. The van der Waals surface area contributed by atoms with Gasteiger partial charge in [0.15, 0.2) is 0 Å². The number of carbonyl (C=O) groups excluding carboxylic acids is 1. The maximum Gasteiger partial charge on any atom is 0.306 e. The Bertz CT molecular complexity index is 858. The molecule has 1 amide bonds. The highest BCUT2D eigenvalue weighted by atomic mass is 32.2. The number of amides is 1. The van der Waals surface area contributed by atoms with E-state index in [-0.39, 0.29) is 17.7 Å². The normalized spacial score (nSPS) is 12.4. The van der Waals surface area contributed by atoms with Crippen LogP contribution in [0.4, 0.5) is 0 Å². The summed E-state index contributed by atoms with van der Waals surface area (Å²) in [6.07, 6.45) is 2.79. The maximum atomic E-state index is 13.0. The summed E-state index contributed by atoms with van der Waals surface area (Å²) < 4.78 is 27.3. The minimum atomic E-state index is -3.55. The minimum absolute atomic E-state index is 0.0107. The van der Waals surface area contributed by atoms with Crippen LogP contribution in [0.3, 0.4) is 0 Å². The first-order valence-corrected chi connectivity index (χ1v) is 10.9. The average molecular weight is 390 g/mol. The van der Waals surface area contributed by atoms with Crippen LogP contribution in [0.5, 0.6) is 5.75 Å². The van der Waals surface area contributed by atoms with Crippen LogP contribution in [0.25, 0.3) is 0 Å². The molecule has 2 aromatic rings. The summed E-state index contributed by atoms with van der Waals surface area (Å²) in [6, 6.07) is 14.6. The summed E-state index contributed by atoms with van der Waals surface area (Å²) in [6.45, 7) is 6.61. The van der Waals surface area contributed by atoms with Crippen LogP contribution in [0.1, 0.15) is 48.7 Å². The molecular weight excluding hydrogens is 362 g/mol. The molecule has 0 aromatic heterocycles. The molecule has 27 heavy (non-hydrogen) atoms. The van der Waals surface area contributed by atoms with E-state index in [1.807, 2.05) is 43.0 Å². The molecule has 2 rings (SSSR count). The van der Waals surface area contributed by atoms with Crippen LogP contribution in [-0.4, -0.2) is 31.5 Å². The summed E-state index contributed by atoms with van der Waals surface area (Å²) in [5.74, 6) is 0.251. The number of hydrogen-bond donors (Lipinski definition) is 0. The van der Waals surface area contributed by atoms with E-state index >= 15 is 0 Å². The van der Waals surface area contributed by atoms with Gasteiger partial charge in [0.1, 0.15) is 5.75 Å². The van der Waals surface area contributed by atoms with Crippen LogP contribution in [0, 0.1) is 0 Å². The monoisotopic (exact) mass is 389 g/mol. The molecule has 0 aliphatic carbocycles. The fourth-order valence-electron chi connectivity index (χ4n) is 2.72. The van der Waals surface area contributed by atoms with Crippen molar-refractivity contribution in [2.45, 2.75) is 46.2 Å². The predicted molar refractivity (Wildman–Crippen MR) is 107 cm³/mol. The minimum Gasteiger partial charge on any atom is -0.383 e. The van der Waals surface area contributed by atoms with Gasteiger partial charge >= 0.3 is 10.1 Å². The lowest BCUT2D eigenvalue weighted by Crippen LogP contribution is -2.37. The van der Waals surface area contributed by atoms with Crippen LogP contribution in [0.15, 0.2) is 48.5 Å². The lowest BCUT2D eigenvalue weighted by Gasteiger charge is -2.29. The summed E-state index contributed by atoms with van der Waals surface area (Å²) in [5, 5.41) is 0. The molecule has 5 nitrogen and oxygen atoms in total. The second-order valence-corrected chi connectivity index (χ2v) is 8.25. The lowest BCUT2D eigenvalue weighted by molar-refractivity contribution is 0.0671. The smallest absolute Gasteiger partial charge is 0.306 e. The predicted octanol–water partition coefficient (Wildman–Crippen LogP) is 4.03. The largest absolute Gasteiger partial charge is 0.383 e. The molecular formula is C21H27NO4S. The highest BCUT2D eigenvalue weighted by Gasteiger charge is 2.21. The fourth-order valence-corrected chi connectivity index (χ4v) is 3.18. The van der Waals surface area contributed by atoms with E-state index in [1.54, 1.807) is 24.3 Å². The van der Waals surface area contributed by atoms with Gasteiger partial charge in [-0.05, 0) is 55.2 Å². The van der Waals surface area contributed by atoms with E-state index in [4.69, 9.17) is 4.18 Å². The molecule has 1 atom stereocenters. The number of nitrogens with zero attached hydrogens (tertiary/aromatic N) is 1. The quantitative estimate of drug-likeness (QED) is 0.640. The molecule has 0 unspecified atom stereocenters. The summed E-state index contributed by atoms with van der Waals surface area (Å²) >= 11 is 0. The molecule has 0 aliphatic heterocycles. The second-order valence-electron chi connectivity index (χ2n) is 6.67. The maximum absolute atomic E-state index is 13.0. The van der Waals surface area contributed by atoms with Crippen molar-refractivity contribution in [1.29, 1.82) is 0 Å². The molecule has 146 valence electrons. The van der Waals surface area contributed by atoms with Crippen LogP contribution >= 0.6 is 0 Å². The molecule has 0 saturated heterocycles. The van der Waals surface area contributed by atoms with Crippen molar-refractivity contribution >= 4 is 16.0 Å². The van der Waals surface area contributed by atoms with Crippen molar-refractivity contribution in [3.8, 4) is 5.75 Å². The first-order valence-electron chi connectivity index (χ1n) is 9.11. The molecule has 2 aromatic carbocycles. The molecule has 0 aliphatic rings. The highest BCUT2D eigenvalue weighted by Crippen LogP contribution is 2.19. The molecule has 0 N–H and O–H groups in total. The van der Waals surface area contributed by atoms with Gasteiger partial charge in [0.25, 0.3) is 5.91 Å². The SMILES string of the molecule is CCc1ccc(C(=O)N(Cc2ccc(OS(C)(=O)=O)cc2)[C@@H](C)CC)cc1. The highest BCUT2D eigenvalue weighted by molar-refractivity contribution is 7.86. The summed E-state index contributed by atoms with van der Waals surface area (Å²) in [4.78, 5) is 14.9. The van der Waals surface area contributed by atoms with Gasteiger partial charge in [0.2, 0.25) is 0 Å². The summed E-state index contributed by atoms with van der Waals surface area (Å²) in [7, 11) is -3.55. The van der Waals surface area contributed by atoms with Crippen molar-refractivity contribution in [3.63, 3.8) is 0 Å². The van der Waals surface area contributed by atoms with Crippen molar-refractivity contribution in [3.05, 3.63) is 65.2 Å². The van der Waals surface area contributed by atoms with Gasteiger partial charge in [0.05, 0.1) is 6.26 Å². The van der Waals surface area contributed by atoms with E-state index in [0.717, 1.165) is 24.7 Å². The van der Waals surface area contributed by atoms with E-state index in [0.29, 0.717) is 12.1 Å². The van der Waals surface area contributed by atoms with Gasteiger partial charge in [-0.1, -0.05) is 38.1 Å². The third kappa shape index (κ3) is 6.10. The number of rotatable bonds is 8. The zero-order valence-corrected chi connectivity index (χ0v) is 17.1. The first-order chi connectivity index (χ1) is 12.7. The number of aryl methyl sites for hydroxylation is 1. The third-order valence-corrected chi connectivity index (χ3v) is 5.01. The van der Waals surface area contributed by atoms with Crippen LogP contribution in [-0.2, 0) is 23.1 Å². The molecule has 0 heterocycles. The van der Waals surface area contributed by atoms with Gasteiger partial charge in [0, 0.05) is 18.2 Å². The van der Waals surface area contributed by atoms with Crippen molar-refractivity contribution in [2.75, 3.05) is 6.26 Å². The van der Waals surface area contributed by atoms with Gasteiger partial charge < -0.3 is 9.08 Å². The van der Waals surface area contributed by atoms with E-state index in [9.17, 15) is 13.2 Å². The Morgan fingerprint density at radius 3 is 2.04 bits per heavy atom. The lowest BCUT2D eigenvalue weighted by atomic mass is 10.1. The molecule has 6 heteroatoms. The van der Waals surface area contributed by atoms with Gasteiger partial charge in [-0.15, -0.1) is 0 Å². The second kappa shape index (κ2) is 9.04. The van der Waals surface area contributed by atoms with Crippen molar-refractivity contribution in [2.24, 2.45) is 0 Å². The topological polar surface area (TPSA) is 63.7 Å². The van der Waals surface area contributed by atoms with Crippen molar-refractivity contribution < 1.29 is 17.4 Å². The molecule has 0 spiro atoms. The fraction of sp³-hybridized carbons (Fsp3) is 0.381. The van der Waals surface area contributed by atoms with E-state index < -0.39 is 10.1 Å². The van der Waals surface area contributed by atoms with Crippen LogP contribution < -0.4 is 4.18 Å². The molecule has 0 bridgehead atoms. The Hall–Kier alpha value is -2.34.